The lowest BCUT2D eigenvalue weighted by molar-refractivity contribution is 0.614. The zero-order valence-electron chi connectivity index (χ0n) is 12.0. The van der Waals surface area contributed by atoms with Crippen LogP contribution in [0.1, 0.15) is 44.9 Å². The number of aromatic nitrogens is 2. The Morgan fingerprint density at radius 2 is 2.17 bits per heavy atom. The van der Waals surface area contributed by atoms with Gasteiger partial charge in [0.1, 0.15) is 0 Å². The summed E-state index contributed by atoms with van der Waals surface area (Å²) in [7, 11) is 0. The van der Waals surface area contributed by atoms with E-state index in [4.69, 9.17) is 0 Å². The minimum atomic E-state index is 0.275. The first-order chi connectivity index (χ1) is 8.47. The van der Waals surface area contributed by atoms with E-state index in [2.05, 4.69) is 37.4 Å². The molecule has 0 bridgehead atoms. The van der Waals surface area contributed by atoms with E-state index in [1.165, 1.54) is 5.56 Å². The Balaban J connectivity index is 2.96. The highest BCUT2D eigenvalue weighted by Gasteiger charge is 2.17. The van der Waals surface area contributed by atoms with Crippen LogP contribution in [0.4, 0.5) is 0 Å². The Hall–Kier alpha value is -1.64. The standard InChI is InChI=1S/C15H23N3/c1-7-16-13(5)12(4)15-10-17-18(14(15)6)9-8-11(2)3/h7-10,12-13H,2H2,1,3-6H3/b9-8-,16-7-. The lowest BCUT2D eigenvalue weighted by atomic mass is 9.95. The molecule has 2 unspecified atom stereocenters. The minimum Gasteiger partial charge on any atom is -0.294 e. The van der Waals surface area contributed by atoms with Crippen molar-refractivity contribution in [3.05, 3.63) is 35.7 Å². The maximum atomic E-state index is 4.43. The molecule has 0 amide bonds. The van der Waals surface area contributed by atoms with Crippen LogP contribution in [0, 0.1) is 6.92 Å². The van der Waals surface area contributed by atoms with Crippen molar-refractivity contribution in [2.75, 3.05) is 0 Å². The van der Waals surface area contributed by atoms with Gasteiger partial charge in [0.2, 0.25) is 0 Å². The Morgan fingerprint density at radius 1 is 1.50 bits per heavy atom. The molecule has 0 fully saturated rings. The fourth-order valence-corrected chi connectivity index (χ4v) is 1.86. The number of rotatable bonds is 5. The number of allylic oxidation sites excluding steroid dienone is 2. The molecule has 3 nitrogen and oxygen atoms in total. The molecule has 0 saturated carbocycles. The third-order valence-electron chi connectivity index (χ3n) is 3.18. The second kappa shape index (κ2) is 6.34. The van der Waals surface area contributed by atoms with Crippen LogP contribution in [0.5, 0.6) is 0 Å². The van der Waals surface area contributed by atoms with Gasteiger partial charge in [-0.05, 0) is 45.5 Å². The average molecular weight is 245 g/mol. The van der Waals surface area contributed by atoms with E-state index in [-0.39, 0.29) is 6.04 Å². The van der Waals surface area contributed by atoms with E-state index in [1.807, 2.05) is 43.2 Å². The molecule has 3 heteroatoms. The van der Waals surface area contributed by atoms with Gasteiger partial charge in [0.05, 0.1) is 12.2 Å². The lowest BCUT2D eigenvalue weighted by Gasteiger charge is -2.15. The maximum absolute atomic E-state index is 4.43. The average Bonchev–Trinajstić information content (AvgIpc) is 2.67. The first-order valence-corrected chi connectivity index (χ1v) is 6.32. The molecule has 0 radical (unpaired) electrons. The zero-order valence-corrected chi connectivity index (χ0v) is 12.0. The van der Waals surface area contributed by atoms with Gasteiger partial charge in [0, 0.05) is 17.8 Å². The molecule has 0 N–H and O–H groups in total. The first-order valence-electron chi connectivity index (χ1n) is 6.32. The van der Waals surface area contributed by atoms with Crippen LogP contribution in [0.15, 0.2) is 29.4 Å². The minimum absolute atomic E-state index is 0.275. The normalized spacial score (nSPS) is 15.4. The quantitative estimate of drug-likeness (QED) is 0.573. The SMILES string of the molecule is C=C(C)/C=C\n1ncc(C(C)C(C)/N=C\C)c1C. The van der Waals surface area contributed by atoms with E-state index in [0.717, 1.165) is 11.3 Å². The summed E-state index contributed by atoms with van der Waals surface area (Å²) in [6.07, 6.45) is 7.70. The number of hydrogen-bond donors (Lipinski definition) is 0. The number of hydrogen-bond acceptors (Lipinski definition) is 2. The van der Waals surface area contributed by atoms with Crippen molar-refractivity contribution in [3.63, 3.8) is 0 Å². The third-order valence-corrected chi connectivity index (χ3v) is 3.18. The van der Waals surface area contributed by atoms with Crippen LogP contribution in [0.25, 0.3) is 6.20 Å². The molecule has 98 valence electrons. The highest BCUT2D eigenvalue weighted by atomic mass is 15.3. The van der Waals surface area contributed by atoms with Crippen LogP contribution >= 0.6 is 0 Å². The summed E-state index contributed by atoms with van der Waals surface area (Å²) in [5, 5.41) is 4.39. The second-order valence-corrected chi connectivity index (χ2v) is 4.73. The molecular weight excluding hydrogens is 222 g/mol. The summed E-state index contributed by atoms with van der Waals surface area (Å²) in [6.45, 7) is 14.2. The smallest absolute Gasteiger partial charge is 0.0534 e. The molecule has 1 aromatic rings. The van der Waals surface area contributed by atoms with Gasteiger partial charge in [0.25, 0.3) is 0 Å². The van der Waals surface area contributed by atoms with Gasteiger partial charge in [0.15, 0.2) is 0 Å². The van der Waals surface area contributed by atoms with Crippen molar-refractivity contribution in [2.45, 2.75) is 46.6 Å². The molecule has 1 heterocycles. The predicted molar refractivity (Wildman–Crippen MR) is 79.2 cm³/mol. The van der Waals surface area contributed by atoms with Crippen LogP contribution in [0.3, 0.4) is 0 Å². The molecule has 0 aliphatic rings. The molecule has 1 rings (SSSR count). The van der Waals surface area contributed by atoms with Crippen molar-refractivity contribution < 1.29 is 0 Å². The molecule has 2 atom stereocenters. The van der Waals surface area contributed by atoms with Gasteiger partial charge >= 0.3 is 0 Å². The van der Waals surface area contributed by atoms with E-state index >= 15 is 0 Å². The van der Waals surface area contributed by atoms with Crippen molar-refractivity contribution >= 4 is 12.4 Å². The van der Waals surface area contributed by atoms with Gasteiger partial charge in [-0.25, -0.2) is 4.68 Å². The topological polar surface area (TPSA) is 30.2 Å². The molecule has 18 heavy (non-hydrogen) atoms. The van der Waals surface area contributed by atoms with Crippen LogP contribution < -0.4 is 0 Å². The summed E-state index contributed by atoms with van der Waals surface area (Å²) >= 11 is 0. The van der Waals surface area contributed by atoms with E-state index in [0.29, 0.717) is 5.92 Å². The van der Waals surface area contributed by atoms with Crippen LogP contribution in [-0.4, -0.2) is 22.0 Å². The Bertz CT molecular complexity index is 466. The Morgan fingerprint density at radius 3 is 2.72 bits per heavy atom. The van der Waals surface area contributed by atoms with Crippen LogP contribution in [-0.2, 0) is 0 Å². The largest absolute Gasteiger partial charge is 0.294 e. The predicted octanol–water partition coefficient (Wildman–Crippen LogP) is 3.82. The van der Waals surface area contributed by atoms with Crippen molar-refractivity contribution in [2.24, 2.45) is 4.99 Å². The maximum Gasteiger partial charge on any atom is 0.0534 e. The van der Waals surface area contributed by atoms with Crippen LogP contribution in [0.2, 0.25) is 0 Å². The summed E-state index contributed by atoms with van der Waals surface area (Å²) in [4.78, 5) is 4.43. The molecule has 1 aromatic heterocycles. The molecule has 0 saturated heterocycles. The highest BCUT2D eigenvalue weighted by Crippen LogP contribution is 2.24. The number of nitrogens with zero attached hydrogens (tertiary/aromatic N) is 3. The second-order valence-electron chi connectivity index (χ2n) is 4.73. The van der Waals surface area contributed by atoms with Gasteiger partial charge < -0.3 is 0 Å². The third kappa shape index (κ3) is 3.42. The summed E-state index contributed by atoms with van der Waals surface area (Å²) in [6, 6.07) is 0.275. The molecule has 0 aromatic carbocycles. The Kier molecular flexibility index (Phi) is 5.08. The summed E-state index contributed by atoms with van der Waals surface area (Å²) < 4.78 is 1.89. The monoisotopic (exact) mass is 245 g/mol. The fraction of sp³-hybridized carbons (Fsp3) is 0.467. The number of aliphatic imine (C=N–C) groups is 1. The highest BCUT2D eigenvalue weighted by molar-refractivity contribution is 5.53. The Labute approximate surface area is 110 Å². The zero-order chi connectivity index (χ0) is 13.7. The first kappa shape index (κ1) is 14.4. The van der Waals surface area contributed by atoms with E-state index < -0.39 is 0 Å². The van der Waals surface area contributed by atoms with Gasteiger partial charge in [-0.15, -0.1) is 0 Å². The fourth-order valence-electron chi connectivity index (χ4n) is 1.86. The van der Waals surface area contributed by atoms with Crippen molar-refractivity contribution in [1.82, 2.24) is 9.78 Å². The molecule has 0 aliphatic carbocycles. The molecule has 0 spiro atoms. The van der Waals surface area contributed by atoms with Gasteiger partial charge in [-0.3, -0.25) is 4.99 Å². The molecular formula is C15H23N3. The van der Waals surface area contributed by atoms with Gasteiger partial charge in [-0.1, -0.05) is 19.1 Å². The summed E-state index contributed by atoms with van der Waals surface area (Å²) in [5.74, 6) is 0.369. The van der Waals surface area contributed by atoms with Gasteiger partial charge in [-0.2, -0.15) is 5.10 Å². The van der Waals surface area contributed by atoms with E-state index in [1.54, 1.807) is 0 Å². The summed E-state index contributed by atoms with van der Waals surface area (Å²) in [5.41, 5.74) is 3.43. The van der Waals surface area contributed by atoms with Crippen molar-refractivity contribution in [3.8, 4) is 0 Å². The van der Waals surface area contributed by atoms with Crippen molar-refractivity contribution in [1.29, 1.82) is 0 Å². The van der Waals surface area contributed by atoms with E-state index in [9.17, 15) is 0 Å². The lowest BCUT2D eigenvalue weighted by Crippen LogP contribution is -2.10. The molecule has 0 aliphatic heterocycles.